The molecule has 14 heavy (non-hydrogen) atoms. The minimum atomic E-state index is -0.382. The maximum atomic E-state index is 11.6. The van der Waals surface area contributed by atoms with Crippen molar-refractivity contribution in [3.8, 4) is 0 Å². The summed E-state index contributed by atoms with van der Waals surface area (Å²) in [6.07, 6.45) is 0. The summed E-state index contributed by atoms with van der Waals surface area (Å²) in [5, 5.41) is 0. The summed E-state index contributed by atoms with van der Waals surface area (Å²) in [5.41, 5.74) is -0.0223. The van der Waals surface area contributed by atoms with Gasteiger partial charge in [0.05, 0.1) is 0 Å². The van der Waals surface area contributed by atoms with Crippen LogP contribution in [0.15, 0.2) is 9.59 Å². The van der Waals surface area contributed by atoms with E-state index in [-0.39, 0.29) is 11.2 Å². The van der Waals surface area contributed by atoms with Gasteiger partial charge < -0.3 is 9.97 Å². The van der Waals surface area contributed by atoms with E-state index in [4.69, 9.17) is 12.2 Å². The Kier molecular flexibility index (Phi) is 1.71. The van der Waals surface area contributed by atoms with Crippen LogP contribution in [0.3, 0.4) is 0 Å². The largest absolute Gasteiger partial charge is 0.332 e. The smallest absolute Gasteiger partial charge is 0.325 e. The fourth-order valence-corrected chi connectivity index (χ4v) is 1.55. The second kappa shape index (κ2) is 2.68. The number of fused-ring (bicyclic) bond motifs is 1. The Bertz CT molecular complexity index is 672. The van der Waals surface area contributed by atoms with E-state index in [1.165, 1.54) is 11.6 Å². The minimum Gasteiger partial charge on any atom is -0.325 e. The molecule has 2 N–H and O–H groups in total. The Hall–Kier alpha value is -1.63. The number of hydrogen-bond acceptors (Lipinski definition) is 3. The highest BCUT2D eigenvalue weighted by Crippen LogP contribution is 1.99. The molecule has 0 amide bonds. The van der Waals surface area contributed by atoms with Crippen LogP contribution in [0, 0.1) is 4.77 Å². The van der Waals surface area contributed by atoms with Crippen molar-refractivity contribution in [3.63, 3.8) is 0 Å². The molecule has 0 bridgehead atoms. The summed E-state index contributed by atoms with van der Waals surface area (Å²) < 4.78 is 2.70. The molecule has 0 aromatic carbocycles. The topological polar surface area (TPSA) is 75.6 Å². The van der Waals surface area contributed by atoms with Gasteiger partial charge in [-0.15, -0.1) is 0 Å². The molecule has 2 aromatic heterocycles. The van der Waals surface area contributed by atoms with Crippen molar-refractivity contribution in [2.24, 2.45) is 14.1 Å². The van der Waals surface area contributed by atoms with Crippen LogP contribution in [0.25, 0.3) is 11.2 Å². The molecule has 74 valence electrons. The fraction of sp³-hybridized carbons (Fsp3) is 0.286. The van der Waals surface area contributed by atoms with Crippen LogP contribution in [0.5, 0.6) is 0 Å². The Morgan fingerprint density at radius 3 is 2.43 bits per heavy atom. The SMILES string of the molecule is Cn1c(=O)c2[nH]c(=S)[nH]c2n(C)c1=O. The van der Waals surface area contributed by atoms with Crippen LogP contribution < -0.4 is 11.2 Å². The van der Waals surface area contributed by atoms with Crippen LogP contribution >= 0.6 is 12.2 Å². The Balaban J connectivity index is 3.26. The lowest BCUT2D eigenvalue weighted by Gasteiger charge is -2.01. The van der Waals surface area contributed by atoms with Gasteiger partial charge in [0.1, 0.15) is 11.2 Å². The monoisotopic (exact) mass is 212 g/mol. The van der Waals surface area contributed by atoms with Crippen molar-refractivity contribution in [2.75, 3.05) is 0 Å². The highest BCUT2D eigenvalue weighted by molar-refractivity contribution is 7.71. The highest BCUT2D eigenvalue weighted by Gasteiger charge is 2.09. The Morgan fingerprint density at radius 2 is 1.79 bits per heavy atom. The van der Waals surface area contributed by atoms with Crippen LogP contribution in [-0.4, -0.2) is 19.1 Å². The third-order valence-corrected chi connectivity index (χ3v) is 2.34. The van der Waals surface area contributed by atoms with Gasteiger partial charge in [0.2, 0.25) is 0 Å². The van der Waals surface area contributed by atoms with E-state index in [1.807, 2.05) is 0 Å². The molecule has 0 aliphatic carbocycles. The van der Waals surface area contributed by atoms with Crippen molar-refractivity contribution in [1.82, 2.24) is 19.1 Å². The van der Waals surface area contributed by atoms with E-state index < -0.39 is 0 Å². The van der Waals surface area contributed by atoms with E-state index in [0.717, 1.165) is 4.57 Å². The second-order valence-corrected chi connectivity index (χ2v) is 3.42. The molecule has 0 aliphatic heterocycles. The predicted octanol–water partition coefficient (Wildman–Crippen LogP) is -0.377. The number of aromatic nitrogens is 4. The highest BCUT2D eigenvalue weighted by atomic mass is 32.1. The quantitative estimate of drug-likeness (QED) is 0.585. The number of nitrogens with one attached hydrogen (secondary N) is 2. The first-order valence-electron chi connectivity index (χ1n) is 3.90. The zero-order valence-electron chi connectivity index (χ0n) is 7.62. The molecule has 0 spiro atoms. The summed E-state index contributed by atoms with van der Waals surface area (Å²) in [4.78, 5) is 28.5. The van der Waals surface area contributed by atoms with Gasteiger partial charge in [-0.3, -0.25) is 13.9 Å². The van der Waals surface area contributed by atoms with E-state index in [1.54, 1.807) is 7.05 Å². The number of aryl methyl sites for hydroxylation is 1. The second-order valence-electron chi connectivity index (χ2n) is 3.01. The van der Waals surface area contributed by atoms with Gasteiger partial charge in [-0.25, -0.2) is 4.79 Å². The Labute approximate surface area is 82.8 Å². The standard InChI is InChI=1S/C7H8N4O2S/c1-10-4-3(8-6(14)9-4)5(12)11(2)7(10)13/h1-2H3,(H2,8,9,14). The van der Waals surface area contributed by atoms with Crippen LogP contribution in [0.1, 0.15) is 0 Å². The maximum Gasteiger partial charge on any atom is 0.332 e. The molecular weight excluding hydrogens is 204 g/mol. The van der Waals surface area contributed by atoms with Crippen LogP contribution in [-0.2, 0) is 14.1 Å². The molecular formula is C7H8N4O2S. The third-order valence-electron chi connectivity index (χ3n) is 2.14. The molecule has 0 aliphatic rings. The minimum absolute atomic E-state index is 0.319. The van der Waals surface area contributed by atoms with Gasteiger partial charge >= 0.3 is 5.69 Å². The number of rotatable bonds is 0. The summed E-state index contributed by atoms with van der Waals surface area (Å²) in [7, 11) is 3.00. The van der Waals surface area contributed by atoms with Crippen molar-refractivity contribution in [2.45, 2.75) is 0 Å². The normalized spacial score (nSPS) is 11.0. The first kappa shape index (κ1) is 8.95. The summed E-state index contributed by atoms with van der Waals surface area (Å²) in [6.45, 7) is 0. The average molecular weight is 212 g/mol. The molecule has 2 heterocycles. The van der Waals surface area contributed by atoms with Crippen LogP contribution in [0.2, 0.25) is 0 Å². The van der Waals surface area contributed by atoms with Crippen molar-refractivity contribution < 1.29 is 0 Å². The third kappa shape index (κ3) is 0.987. The van der Waals surface area contributed by atoms with Gasteiger partial charge in [0.15, 0.2) is 4.77 Å². The van der Waals surface area contributed by atoms with E-state index in [0.29, 0.717) is 15.9 Å². The molecule has 0 atom stereocenters. The number of H-pyrrole nitrogens is 2. The molecule has 7 heteroatoms. The van der Waals surface area contributed by atoms with Crippen molar-refractivity contribution >= 4 is 23.4 Å². The van der Waals surface area contributed by atoms with E-state index >= 15 is 0 Å². The number of nitrogens with zero attached hydrogens (tertiary/aromatic N) is 2. The molecule has 0 radical (unpaired) electrons. The summed E-state index contributed by atoms with van der Waals surface area (Å²) in [6, 6.07) is 0. The molecule has 2 rings (SSSR count). The molecule has 0 saturated heterocycles. The summed E-state index contributed by atoms with van der Waals surface area (Å²) in [5.74, 6) is 0. The average Bonchev–Trinajstić information content (AvgIpc) is 2.54. The fourth-order valence-electron chi connectivity index (χ4n) is 1.36. The van der Waals surface area contributed by atoms with Crippen LogP contribution in [0.4, 0.5) is 0 Å². The van der Waals surface area contributed by atoms with Gasteiger partial charge in [-0.1, -0.05) is 0 Å². The van der Waals surface area contributed by atoms with Gasteiger partial charge in [0, 0.05) is 14.1 Å². The van der Waals surface area contributed by atoms with Crippen molar-refractivity contribution in [3.05, 3.63) is 25.6 Å². The molecule has 6 nitrogen and oxygen atoms in total. The Morgan fingerprint density at radius 1 is 1.14 bits per heavy atom. The predicted molar refractivity (Wildman–Crippen MR) is 54.0 cm³/mol. The summed E-state index contributed by atoms with van der Waals surface area (Å²) >= 11 is 4.84. The van der Waals surface area contributed by atoms with E-state index in [2.05, 4.69) is 9.97 Å². The molecule has 0 saturated carbocycles. The molecule has 0 unspecified atom stereocenters. The zero-order chi connectivity index (χ0) is 10.5. The van der Waals surface area contributed by atoms with Gasteiger partial charge in [0.25, 0.3) is 5.56 Å². The van der Waals surface area contributed by atoms with Gasteiger partial charge in [-0.05, 0) is 12.2 Å². The number of aromatic amines is 2. The number of hydrogen-bond donors (Lipinski definition) is 2. The lowest BCUT2D eigenvalue weighted by molar-refractivity contribution is 0.708. The lowest BCUT2D eigenvalue weighted by atomic mass is 10.5. The van der Waals surface area contributed by atoms with E-state index in [9.17, 15) is 9.59 Å². The van der Waals surface area contributed by atoms with Crippen molar-refractivity contribution in [1.29, 1.82) is 0 Å². The first-order chi connectivity index (χ1) is 6.52. The maximum absolute atomic E-state index is 11.6. The molecule has 2 aromatic rings. The zero-order valence-corrected chi connectivity index (χ0v) is 8.44. The number of imidazole rings is 1. The molecule has 0 fully saturated rings. The van der Waals surface area contributed by atoms with Gasteiger partial charge in [-0.2, -0.15) is 0 Å². The lowest BCUT2D eigenvalue weighted by Crippen LogP contribution is -2.36. The first-order valence-corrected chi connectivity index (χ1v) is 4.31.